The molecule has 1 saturated carbocycles. The molecule has 24 heavy (non-hydrogen) atoms. The molecule has 3 fully saturated rings. The minimum atomic E-state index is -0.866. The third-order valence-corrected chi connectivity index (χ3v) is 5.11. The quantitative estimate of drug-likeness (QED) is 0.712. The molecule has 3 aliphatic rings. The largest absolute Gasteiger partial charge is 0.388 e. The molecule has 2 amide bonds. The summed E-state index contributed by atoms with van der Waals surface area (Å²) >= 11 is 0. The summed E-state index contributed by atoms with van der Waals surface area (Å²) in [5.74, 6) is 0. The lowest BCUT2D eigenvalue weighted by Gasteiger charge is -2.38. The van der Waals surface area contributed by atoms with Crippen LogP contribution in [-0.4, -0.2) is 63.1 Å². The second-order valence-electron chi connectivity index (χ2n) is 6.71. The van der Waals surface area contributed by atoms with E-state index in [4.69, 9.17) is 9.47 Å². The monoisotopic (exact) mass is 337 g/mol. The Labute approximate surface area is 139 Å². The Morgan fingerprint density at radius 3 is 2.83 bits per heavy atom. The maximum atomic E-state index is 12.3. The third-order valence-electron chi connectivity index (χ3n) is 5.11. The molecule has 9 heteroatoms. The molecule has 0 aromatic carbocycles. The van der Waals surface area contributed by atoms with E-state index < -0.39 is 24.5 Å². The molecule has 0 radical (unpaired) electrons. The first-order valence-electron chi connectivity index (χ1n) is 8.58. The number of hydrogen-bond donors (Lipinski definition) is 3. The van der Waals surface area contributed by atoms with Gasteiger partial charge in [-0.25, -0.2) is 14.5 Å². The van der Waals surface area contributed by atoms with Crippen LogP contribution in [0.4, 0.5) is 4.79 Å². The number of hydrogen-bond acceptors (Lipinski definition) is 6. The highest BCUT2D eigenvalue weighted by Crippen LogP contribution is 2.35. The number of amides is 2. The fraction of sp³-hybridized carbons (Fsp3) is 0.800. The molecular weight excluding hydrogens is 314 g/mol. The summed E-state index contributed by atoms with van der Waals surface area (Å²) in [4.78, 5) is 16.2. The SMILES string of the molecule is O=C(NC1CCCCC1)N[C@H]1[C@H](O)[C@@H](n2cncn2)[C@@H]2OC[C@H]1O2. The number of ether oxygens (including phenoxy) is 2. The van der Waals surface area contributed by atoms with Gasteiger partial charge in [0.25, 0.3) is 0 Å². The van der Waals surface area contributed by atoms with Gasteiger partial charge in [-0.3, -0.25) is 0 Å². The van der Waals surface area contributed by atoms with Gasteiger partial charge >= 0.3 is 6.03 Å². The summed E-state index contributed by atoms with van der Waals surface area (Å²) in [7, 11) is 0. The van der Waals surface area contributed by atoms with Crippen molar-refractivity contribution in [2.45, 2.75) is 68.7 Å². The number of rotatable bonds is 3. The fourth-order valence-corrected chi connectivity index (χ4v) is 3.86. The van der Waals surface area contributed by atoms with E-state index in [-0.39, 0.29) is 18.2 Å². The zero-order chi connectivity index (χ0) is 16.5. The Kier molecular flexibility index (Phi) is 4.38. The van der Waals surface area contributed by atoms with Gasteiger partial charge in [0, 0.05) is 6.04 Å². The van der Waals surface area contributed by atoms with E-state index in [0.29, 0.717) is 6.61 Å². The lowest BCUT2D eigenvalue weighted by atomic mass is 9.95. The highest BCUT2D eigenvalue weighted by Gasteiger charge is 2.52. The number of urea groups is 1. The zero-order valence-corrected chi connectivity index (χ0v) is 13.4. The Morgan fingerprint density at radius 1 is 1.25 bits per heavy atom. The molecule has 1 aromatic heterocycles. The number of fused-ring (bicyclic) bond motifs is 2. The van der Waals surface area contributed by atoms with Gasteiger partial charge in [-0.05, 0) is 12.8 Å². The van der Waals surface area contributed by atoms with E-state index in [1.807, 2.05) is 0 Å². The third kappa shape index (κ3) is 2.99. The summed E-state index contributed by atoms with van der Waals surface area (Å²) in [6, 6.07) is -1.15. The topological polar surface area (TPSA) is 111 Å². The Bertz CT molecular complexity index is 562. The Morgan fingerprint density at radius 2 is 2.08 bits per heavy atom. The number of carbonyl (C=O) groups excluding carboxylic acids is 1. The number of nitrogens with one attached hydrogen (secondary N) is 2. The van der Waals surface area contributed by atoms with Crippen LogP contribution in [0.15, 0.2) is 12.7 Å². The van der Waals surface area contributed by atoms with Gasteiger partial charge in [0.15, 0.2) is 6.29 Å². The standard InChI is InChI=1S/C15H23N5O4/c21-13-11(19-15(22)18-9-4-2-1-3-5-9)10-6-23-14(24-10)12(13)20-8-16-7-17-20/h7-14,21H,1-6H2,(H2,18,19,22)/t10-,11-,12-,13+,14-/m1/s1. The molecule has 3 heterocycles. The van der Waals surface area contributed by atoms with Crippen molar-refractivity contribution in [2.75, 3.05) is 6.61 Å². The van der Waals surface area contributed by atoms with Crippen molar-refractivity contribution < 1.29 is 19.4 Å². The molecule has 4 rings (SSSR count). The highest BCUT2D eigenvalue weighted by molar-refractivity contribution is 5.74. The van der Waals surface area contributed by atoms with E-state index in [0.717, 1.165) is 25.7 Å². The highest BCUT2D eigenvalue weighted by atomic mass is 16.7. The molecule has 1 aliphatic carbocycles. The minimum Gasteiger partial charge on any atom is -0.388 e. The van der Waals surface area contributed by atoms with Crippen LogP contribution in [0.25, 0.3) is 0 Å². The summed E-state index contributed by atoms with van der Waals surface area (Å²) in [6.45, 7) is 0.335. The second kappa shape index (κ2) is 6.66. The molecule has 5 atom stereocenters. The van der Waals surface area contributed by atoms with Gasteiger partial charge in [-0.2, -0.15) is 5.10 Å². The van der Waals surface area contributed by atoms with Gasteiger partial charge in [0.2, 0.25) is 0 Å². The Hall–Kier alpha value is -1.71. The van der Waals surface area contributed by atoms with Crippen LogP contribution in [-0.2, 0) is 9.47 Å². The predicted octanol–water partition coefficient (Wildman–Crippen LogP) is -0.0643. The van der Waals surface area contributed by atoms with Crippen LogP contribution in [0.2, 0.25) is 0 Å². The smallest absolute Gasteiger partial charge is 0.315 e. The normalized spacial score (nSPS) is 36.5. The lowest BCUT2D eigenvalue weighted by Crippen LogP contribution is -2.61. The molecule has 2 saturated heterocycles. The lowest BCUT2D eigenvalue weighted by molar-refractivity contribution is -0.166. The second-order valence-corrected chi connectivity index (χ2v) is 6.71. The van der Waals surface area contributed by atoms with Gasteiger partial charge in [0.05, 0.1) is 12.6 Å². The number of aliphatic hydroxyl groups excluding tert-OH is 1. The van der Waals surface area contributed by atoms with Crippen LogP contribution in [0.5, 0.6) is 0 Å². The summed E-state index contributed by atoms with van der Waals surface area (Å²) in [5.41, 5.74) is 0. The number of aliphatic hydroxyl groups is 1. The molecule has 9 nitrogen and oxygen atoms in total. The van der Waals surface area contributed by atoms with Crippen molar-refractivity contribution in [3.8, 4) is 0 Å². The summed E-state index contributed by atoms with van der Waals surface area (Å²) in [6.07, 6.45) is 6.64. The molecule has 0 spiro atoms. The van der Waals surface area contributed by atoms with Crippen LogP contribution in [0, 0.1) is 0 Å². The van der Waals surface area contributed by atoms with Crippen molar-refractivity contribution in [1.29, 1.82) is 0 Å². The number of nitrogens with zero attached hydrogens (tertiary/aromatic N) is 3. The number of carbonyl (C=O) groups is 1. The number of aromatic nitrogens is 3. The van der Waals surface area contributed by atoms with Crippen molar-refractivity contribution in [1.82, 2.24) is 25.4 Å². The van der Waals surface area contributed by atoms with E-state index in [9.17, 15) is 9.90 Å². The zero-order valence-electron chi connectivity index (χ0n) is 13.4. The minimum absolute atomic E-state index is 0.207. The van der Waals surface area contributed by atoms with Crippen LogP contribution in [0.1, 0.15) is 38.1 Å². The van der Waals surface area contributed by atoms with Crippen molar-refractivity contribution in [2.24, 2.45) is 0 Å². The van der Waals surface area contributed by atoms with Crippen molar-refractivity contribution >= 4 is 6.03 Å². The average molecular weight is 337 g/mol. The first-order valence-corrected chi connectivity index (χ1v) is 8.58. The first kappa shape index (κ1) is 15.8. The van der Waals surface area contributed by atoms with Gasteiger partial charge < -0.3 is 25.2 Å². The molecular formula is C15H23N5O4. The average Bonchev–Trinajstić information content (AvgIpc) is 3.24. The molecule has 2 bridgehead atoms. The van der Waals surface area contributed by atoms with Crippen LogP contribution < -0.4 is 10.6 Å². The Balaban J connectivity index is 1.42. The first-order chi connectivity index (χ1) is 11.7. The van der Waals surface area contributed by atoms with E-state index in [1.54, 1.807) is 0 Å². The molecule has 1 aromatic rings. The van der Waals surface area contributed by atoms with Crippen molar-refractivity contribution in [3.63, 3.8) is 0 Å². The van der Waals surface area contributed by atoms with E-state index in [1.165, 1.54) is 23.8 Å². The van der Waals surface area contributed by atoms with Crippen LogP contribution >= 0.6 is 0 Å². The molecule has 3 N–H and O–H groups in total. The predicted molar refractivity (Wildman–Crippen MR) is 82.0 cm³/mol. The fourth-order valence-electron chi connectivity index (χ4n) is 3.86. The van der Waals surface area contributed by atoms with Gasteiger partial charge in [0.1, 0.15) is 30.9 Å². The van der Waals surface area contributed by atoms with E-state index in [2.05, 4.69) is 20.7 Å². The summed E-state index contributed by atoms with van der Waals surface area (Å²) in [5, 5.41) is 20.7. The molecule has 0 unspecified atom stereocenters. The van der Waals surface area contributed by atoms with Gasteiger partial charge in [-0.15, -0.1) is 0 Å². The maximum absolute atomic E-state index is 12.3. The van der Waals surface area contributed by atoms with Crippen LogP contribution in [0.3, 0.4) is 0 Å². The maximum Gasteiger partial charge on any atom is 0.315 e. The van der Waals surface area contributed by atoms with Crippen molar-refractivity contribution in [3.05, 3.63) is 12.7 Å². The van der Waals surface area contributed by atoms with E-state index >= 15 is 0 Å². The molecule has 2 aliphatic heterocycles. The molecule has 132 valence electrons. The van der Waals surface area contributed by atoms with Gasteiger partial charge in [-0.1, -0.05) is 19.3 Å². The summed E-state index contributed by atoms with van der Waals surface area (Å²) < 4.78 is 12.9.